The Morgan fingerprint density at radius 2 is 1.50 bits per heavy atom. The quantitative estimate of drug-likeness (QED) is 0.830. The summed E-state index contributed by atoms with van der Waals surface area (Å²) in [7, 11) is 2.13. The highest BCUT2D eigenvalue weighted by Crippen LogP contribution is 2.70. The Balaban J connectivity index is 1.63. The molecular weight excluding hydrogens is 374 g/mol. The van der Waals surface area contributed by atoms with Gasteiger partial charge in [0.2, 0.25) is 5.91 Å². The molecule has 160 valence electrons. The van der Waals surface area contributed by atoms with Crippen LogP contribution in [0.15, 0.2) is 12.1 Å². The zero-order valence-corrected chi connectivity index (χ0v) is 19.1. The normalized spacial score (nSPS) is 30.6. The summed E-state index contributed by atoms with van der Waals surface area (Å²) in [4.78, 5) is 26.5. The Labute approximate surface area is 179 Å². The number of benzene rings is 1. The van der Waals surface area contributed by atoms with E-state index in [2.05, 4.69) is 69.1 Å². The standard InChI is InChI=1S/C24H33N5O/c1-15-13-17-18(14-16(15)2)26-20-19(25-17)23(5)7-8-24(20,22(23,3)4)21(30)27-29-11-9-28(6)10-12-29/h13-14H,7-12H2,1-6H3,(H,27,30). The number of likely N-dealkylation sites (N-methyl/N-ethyl adjacent to an activating group) is 1. The van der Waals surface area contributed by atoms with Gasteiger partial charge in [-0.15, -0.1) is 0 Å². The molecule has 5 rings (SSSR count). The maximum absolute atomic E-state index is 13.9. The van der Waals surface area contributed by atoms with E-state index in [9.17, 15) is 4.79 Å². The van der Waals surface area contributed by atoms with Gasteiger partial charge in [0, 0.05) is 31.6 Å². The molecule has 2 aliphatic carbocycles. The van der Waals surface area contributed by atoms with Crippen molar-refractivity contribution in [2.75, 3.05) is 33.2 Å². The van der Waals surface area contributed by atoms with Gasteiger partial charge in [0.25, 0.3) is 0 Å². The Kier molecular flexibility index (Phi) is 4.13. The van der Waals surface area contributed by atoms with Gasteiger partial charge in [-0.1, -0.05) is 20.8 Å². The fourth-order valence-electron chi connectivity index (χ4n) is 6.02. The monoisotopic (exact) mass is 407 g/mol. The molecule has 2 fully saturated rings. The number of piperazine rings is 1. The second-order valence-corrected chi connectivity index (χ2v) is 10.4. The molecule has 1 saturated heterocycles. The largest absolute Gasteiger partial charge is 0.304 e. The van der Waals surface area contributed by atoms with E-state index in [1.807, 2.05) is 0 Å². The van der Waals surface area contributed by atoms with Crippen LogP contribution in [0.2, 0.25) is 0 Å². The molecule has 3 aliphatic rings. The Hall–Kier alpha value is -2.05. The van der Waals surface area contributed by atoms with Crippen LogP contribution in [-0.4, -0.2) is 59.0 Å². The Morgan fingerprint density at radius 3 is 2.10 bits per heavy atom. The van der Waals surface area contributed by atoms with E-state index in [4.69, 9.17) is 9.97 Å². The lowest BCUT2D eigenvalue weighted by Crippen LogP contribution is -2.59. The number of nitrogens with one attached hydrogen (secondary N) is 1. The van der Waals surface area contributed by atoms with Crippen molar-refractivity contribution in [2.24, 2.45) is 5.41 Å². The molecule has 1 aromatic carbocycles. The zero-order chi connectivity index (χ0) is 21.5. The number of rotatable bonds is 2. The molecular formula is C24H33N5O. The summed E-state index contributed by atoms with van der Waals surface area (Å²) < 4.78 is 0. The van der Waals surface area contributed by atoms with Crippen LogP contribution in [0.25, 0.3) is 11.0 Å². The molecule has 1 N–H and O–H groups in total. The molecule has 0 spiro atoms. The maximum Gasteiger partial charge on any atom is 0.247 e. The highest BCUT2D eigenvalue weighted by Gasteiger charge is 2.73. The smallest absolute Gasteiger partial charge is 0.247 e. The molecule has 2 bridgehead atoms. The number of amides is 1. The lowest BCUT2D eigenvalue weighted by molar-refractivity contribution is -0.136. The topological polar surface area (TPSA) is 61.4 Å². The summed E-state index contributed by atoms with van der Waals surface area (Å²) in [6, 6.07) is 4.25. The second kappa shape index (κ2) is 6.24. The number of carbonyl (C=O) groups excluding carboxylic acids is 1. The summed E-state index contributed by atoms with van der Waals surface area (Å²) in [5.74, 6) is 0.0945. The lowest BCUT2D eigenvalue weighted by atomic mass is 9.63. The van der Waals surface area contributed by atoms with Crippen molar-refractivity contribution < 1.29 is 4.79 Å². The summed E-state index contributed by atoms with van der Waals surface area (Å²) in [6.45, 7) is 14.6. The molecule has 0 radical (unpaired) electrons. The van der Waals surface area contributed by atoms with Crippen molar-refractivity contribution >= 4 is 16.9 Å². The molecule has 30 heavy (non-hydrogen) atoms. The predicted octanol–water partition coefficient (Wildman–Crippen LogP) is 2.85. The van der Waals surface area contributed by atoms with Gasteiger partial charge in [-0.25, -0.2) is 15.0 Å². The predicted molar refractivity (Wildman–Crippen MR) is 118 cm³/mol. The molecule has 1 aromatic heterocycles. The molecule has 6 heteroatoms. The van der Waals surface area contributed by atoms with Crippen LogP contribution in [0.3, 0.4) is 0 Å². The lowest BCUT2D eigenvalue weighted by Gasteiger charge is -2.41. The van der Waals surface area contributed by atoms with Crippen molar-refractivity contribution in [1.29, 1.82) is 0 Å². The Bertz CT molecular complexity index is 1060. The highest BCUT2D eigenvalue weighted by molar-refractivity contribution is 5.92. The van der Waals surface area contributed by atoms with E-state index in [1.165, 1.54) is 11.1 Å². The van der Waals surface area contributed by atoms with Crippen molar-refractivity contribution in [3.8, 4) is 0 Å². The minimum Gasteiger partial charge on any atom is -0.304 e. The average molecular weight is 408 g/mol. The molecule has 2 heterocycles. The number of fused-ring (bicyclic) bond motifs is 6. The van der Waals surface area contributed by atoms with Crippen LogP contribution in [0.4, 0.5) is 0 Å². The van der Waals surface area contributed by atoms with E-state index in [0.29, 0.717) is 0 Å². The first-order valence-electron chi connectivity index (χ1n) is 11.1. The fourth-order valence-corrected chi connectivity index (χ4v) is 6.02. The minimum atomic E-state index is -0.638. The van der Waals surface area contributed by atoms with Crippen molar-refractivity contribution in [3.05, 3.63) is 34.6 Å². The van der Waals surface area contributed by atoms with E-state index in [-0.39, 0.29) is 16.7 Å². The van der Waals surface area contributed by atoms with Crippen molar-refractivity contribution in [1.82, 2.24) is 25.3 Å². The first-order chi connectivity index (χ1) is 14.1. The van der Waals surface area contributed by atoms with Crippen LogP contribution in [0, 0.1) is 19.3 Å². The van der Waals surface area contributed by atoms with Gasteiger partial charge in [0.15, 0.2) is 0 Å². The van der Waals surface area contributed by atoms with Crippen molar-refractivity contribution in [2.45, 2.75) is 58.3 Å². The van der Waals surface area contributed by atoms with Crippen molar-refractivity contribution in [3.63, 3.8) is 0 Å². The molecule has 2 aromatic rings. The number of hydrogen-bond donors (Lipinski definition) is 1. The molecule has 1 saturated carbocycles. The van der Waals surface area contributed by atoms with Crippen LogP contribution in [-0.2, 0) is 15.6 Å². The van der Waals surface area contributed by atoms with Crippen LogP contribution in [0.5, 0.6) is 0 Å². The molecule has 2 atom stereocenters. The second-order valence-electron chi connectivity index (χ2n) is 10.4. The van der Waals surface area contributed by atoms with Gasteiger partial charge < -0.3 is 4.90 Å². The first-order valence-corrected chi connectivity index (χ1v) is 11.1. The maximum atomic E-state index is 13.9. The van der Waals surface area contributed by atoms with Gasteiger partial charge in [0.1, 0.15) is 5.41 Å². The summed E-state index contributed by atoms with van der Waals surface area (Å²) >= 11 is 0. The molecule has 6 nitrogen and oxygen atoms in total. The number of nitrogens with zero attached hydrogens (tertiary/aromatic N) is 4. The van der Waals surface area contributed by atoms with Crippen LogP contribution >= 0.6 is 0 Å². The summed E-state index contributed by atoms with van der Waals surface area (Å²) in [5, 5.41) is 2.09. The number of aryl methyl sites for hydroxylation is 2. The number of hydrogen-bond acceptors (Lipinski definition) is 5. The third-order valence-corrected chi connectivity index (χ3v) is 8.80. The van der Waals surface area contributed by atoms with E-state index < -0.39 is 5.41 Å². The minimum absolute atomic E-state index is 0.0945. The number of hydrazine groups is 1. The summed E-state index contributed by atoms with van der Waals surface area (Å²) in [5.41, 5.74) is 8.46. The first kappa shape index (κ1) is 19.9. The fraction of sp³-hybridized carbons (Fsp3) is 0.625. The number of aromatic nitrogens is 2. The summed E-state index contributed by atoms with van der Waals surface area (Å²) in [6.07, 6.45) is 1.79. The molecule has 2 unspecified atom stereocenters. The molecule has 1 aliphatic heterocycles. The van der Waals surface area contributed by atoms with Crippen LogP contribution < -0.4 is 5.43 Å². The SMILES string of the molecule is Cc1cc2nc3c(nc2cc1C)C1(C(=O)NN2CCN(C)CC2)CCC3(C)C1(C)C. The van der Waals surface area contributed by atoms with E-state index in [1.54, 1.807) is 0 Å². The van der Waals surface area contributed by atoms with E-state index in [0.717, 1.165) is 61.4 Å². The van der Waals surface area contributed by atoms with Gasteiger partial charge in [-0.3, -0.25) is 10.2 Å². The average Bonchev–Trinajstić information content (AvgIpc) is 2.99. The Morgan fingerprint density at radius 1 is 0.933 bits per heavy atom. The van der Waals surface area contributed by atoms with Gasteiger partial charge >= 0.3 is 0 Å². The van der Waals surface area contributed by atoms with Gasteiger partial charge in [-0.2, -0.15) is 0 Å². The molecule has 1 amide bonds. The van der Waals surface area contributed by atoms with Gasteiger partial charge in [-0.05, 0) is 62.4 Å². The van der Waals surface area contributed by atoms with Gasteiger partial charge in [0.05, 0.1) is 22.4 Å². The highest BCUT2D eigenvalue weighted by atomic mass is 16.2. The number of carbonyl (C=O) groups is 1. The van der Waals surface area contributed by atoms with Crippen LogP contribution in [0.1, 0.15) is 56.1 Å². The third-order valence-electron chi connectivity index (χ3n) is 8.80. The zero-order valence-electron chi connectivity index (χ0n) is 19.1. The van der Waals surface area contributed by atoms with E-state index >= 15 is 0 Å². The third kappa shape index (κ3) is 2.35.